The number of phenolic OH excluding ortho intramolecular Hbond substituents is 1. The van der Waals surface area contributed by atoms with Crippen LogP contribution in [0.2, 0.25) is 0 Å². The Morgan fingerprint density at radius 1 is 1.15 bits per heavy atom. The molecule has 0 bridgehead atoms. The molecule has 0 radical (unpaired) electrons. The van der Waals surface area contributed by atoms with Gasteiger partial charge >= 0.3 is 0 Å². The maximum atomic E-state index is 9.79. The third kappa shape index (κ3) is 2.14. The Morgan fingerprint density at radius 3 is 2.70 bits per heavy atom. The van der Waals surface area contributed by atoms with Crippen LogP contribution in [0.1, 0.15) is 11.1 Å². The molecule has 0 spiro atoms. The highest BCUT2D eigenvalue weighted by molar-refractivity contribution is 5.64. The summed E-state index contributed by atoms with van der Waals surface area (Å²) in [6, 6.07) is 8.85. The van der Waals surface area contributed by atoms with Crippen LogP contribution in [0.15, 0.2) is 41.1 Å². The van der Waals surface area contributed by atoms with Crippen molar-refractivity contribution in [2.24, 2.45) is 0 Å². The van der Waals surface area contributed by atoms with E-state index >= 15 is 0 Å². The number of para-hydroxylation sites is 1. The van der Waals surface area contributed by atoms with E-state index in [1.165, 1.54) is 0 Å². The predicted octanol–water partition coefficient (Wildman–Crippen LogP) is 3.12. The van der Waals surface area contributed by atoms with E-state index in [-0.39, 0.29) is 11.6 Å². The number of aromatic nitrogens is 3. The number of hydrogen-bond donors (Lipinski definition) is 1. The second-order valence-corrected chi connectivity index (χ2v) is 4.62. The summed E-state index contributed by atoms with van der Waals surface area (Å²) in [6.07, 6.45) is 1.76. The number of aromatic hydroxyl groups is 1. The molecule has 2 heterocycles. The summed E-state index contributed by atoms with van der Waals surface area (Å²) >= 11 is 0. The molecule has 0 saturated carbocycles. The third-order valence-electron chi connectivity index (χ3n) is 2.99. The van der Waals surface area contributed by atoms with Crippen molar-refractivity contribution in [3.8, 4) is 28.7 Å². The van der Waals surface area contributed by atoms with Crippen molar-refractivity contribution >= 4 is 0 Å². The number of nitrogens with zero attached hydrogens (tertiary/aromatic N) is 3. The van der Waals surface area contributed by atoms with Crippen LogP contribution in [0, 0.1) is 13.8 Å². The summed E-state index contributed by atoms with van der Waals surface area (Å²) in [6.45, 7) is 3.93. The molecule has 3 aromatic rings. The highest BCUT2D eigenvalue weighted by atomic mass is 16.5. The maximum absolute atomic E-state index is 9.79. The zero-order valence-electron chi connectivity index (χ0n) is 11.2. The predicted molar refractivity (Wildman–Crippen MR) is 74.1 cm³/mol. The quantitative estimate of drug-likeness (QED) is 0.772. The molecule has 0 saturated heterocycles. The Balaban J connectivity index is 2.04. The van der Waals surface area contributed by atoms with Gasteiger partial charge < -0.3 is 9.63 Å². The molecule has 20 heavy (non-hydrogen) atoms. The van der Waals surface area contributed by atoms with Crippen LogP contribution < -0.4 is 0 Å². The van der Waals surface area contributed by atoms with E-state index in [2.05, 4.69) is 15.1 Å². The summed E-state index contributed by atoms with van der Waals surface area (Å²) in [5.74, 6) is 0.803. The molecule has 5 nitrogen and oxygen atoms in total. The molecule has 0 fully saturated rings. The van der Waals surface area contributed by atoms with Crippen molar-refractivity contribution in [3.05, 3.63) is 47.7 Å². The van der Waals surface area contributed by atoms with Crippen LogP contribution >= 0.6 is 0 Å². The summed E-state index contributed by atoms with van der Waals surface area (Å²) in [4.78, 5) is 8.63. The van der Waals surface area contributed by atoms with E-state index < -0.39 is 0 Å². The fourth-order valence-corrected chi connectivity index (χ4v) is 2.03. The molecule has 0 unspecified atom stereocenters. The van der Waals surface area contributed by atoms with Crippen molar-refractivity contribution in [2.75, 3.05) is 0 Å². The molecule has 2 aromatic heterocycles. The monoisotopic (exact) mass is 267 g/mol. The van der Waals surface area contributed by atoms with E-state index in [0.29, 0.717) is 17.1 Å². The smallest absolute Gasteiger partial charge is 0.262 e. The Kier molecular flexibility index (Phi) is 2.95. The largest absolute Gasteiger partial charge is 0.507 e. The molecule has 100 valence electrons. The number of rotatable bonds is 2. The van der Waals surface area contributed by atoms with Crippen molar-refractivity contribution in [1.82, 2.24) is 15.1 Å². The first-order valence-corrected chi connectivity index (χ1v) is 6.21. The Labute approximate surface area is 115 Å². The van der Waals surface area contributed by atoms with Gasteiger partial charge in [0.2, 0.25) is 5.82 Å². The van der Waals surface area contributed by atoms with Gasteiger partial charge in [-0.2, -0.15) is 4.98 Å². The van der Waals surface area contributed by atoms with Gasteiger partial charge in [-0.05, 0) is 37.1 Å². The van der Waals surface area contributed by atoms with Gasteiger partial charge in [0.1, 0.15) is 11.4 Å². The Bertz CT molecular complexity index is 765. The molecule has 5 heteroatoms. The number of aryl methyl sites for hydroxylation is 2. The highest BCUT2D eigenvalue weighted by Gasteiger charge is 2.15. The minimum absolute atomic E-state index is 0.108. The summed E-state index contributed by atoms with van der Waals surface area (Å²) < 4.78 is 5.21. The van der Waals surface area contributed by atoms with Crippen molar-refractivity contribution in [1.29, 1.82) is 0 Å². The van der Waals surface area contributed by atoms with Gasteiger partial charge in [0, 0.05) is 6.20 Å². The van der Waals surface area contributed by atoms with E-state index in [4.69, 9.17) is 4.52 Å². The summed E-state index contributed by atoms with van der Waals surface area (Å²) in [5, 5.41) is 13.7. The lowest BCUT2D eigenvalue weighted by Gasteiger charge is -2.00. The standard InChI is InChI=1S/C15H13N3O2/c1-9-7-10(2)13(16-8-9)14-17-15(20-18-14)11-5-3-4-6-12(11)19/h3-8,19H,1-2H3. The van der Waals surface area contributed by atoms with E-state index in [1.54, 1.807) is 30.5 Å². The maximum Gasteiger partial charge on any atom is 0.262 e. The average molecular weight is 267 g/mol. The van der Waals surface area contributed by atoms with Crippen molar-refractivity contribution in [2.45, 2.75) is 13.8 Å². The highest BCUT2D eigenvalue weighted by Crippen LogP contribution is 2.29. The third-order valence-corrected chi connectivity index (χ3v) is 2.99. The van der Waals surface area contributed by atoms with Crippen LogP contribution in [-0.4, -0.2) is 20.2 Å². The number of hydrogen-bond acceptors (Lipinski definition) is 5. The van der Waals surface area contributed by atoms with Crippen LogP contribution in [0.25, 0.3) is 23.0 Å². The van der Waals surface area contributed by atoms with E-state index in [0.717, 1.165) is 11.1 Å². The SMILES string of the molecule is Cc1cnc(-c2noc(-c3ccccc3O)n2)c(C)c1. The second-order valence-electron chi connectivity index (χ2n) is 4.62. The Hall–Kier alpha value is -2.69. The molecule has 1 aromatic carbocycles. The molecule has 0 aliphatic heterocycles. The van der Waals surface area contributed by atoms with Crippen LogP contribution in [0.5, 0.6) is 5.75 Å². The normalized spacial score (nSPS) is 10.7. The minimum Gasteiger partial charge on any atom is -0.507 e. The first-order valence-electron chi connectivity index (χ1n) is 6.21. The average Bonchev–Trinajstić information content (AvgIpc) is 2.88. The van der Waals surface area contributed by atoms with Crippen LogP contribution in [0.4, 0.5) is 0 Å². The number of pyridine rings is 1. The lowest BCUT2D eigenvalue weighted by molar-refractivity contribution is 0.425. The van der Waals surface area contributed by atoms with Crippen LogP contribution in [-0.2, 0) is 0 Å². The molecule has 1 N–H and O–H groups in total. The first kappa shape index (κ1) is 12.3. The van der Waals surface area contributed by atoms with Gasteiger partial charge in [-0.15, -0.1) is 0 Å². The fraction of sp³-hybridized carbons (Fsp3) is 0.133. The Morgan fingerprint density at radius 2 is 1.95 bits per heavy atom. The zero-order chi connectivity index (χ0) is 14.1. The van der Waals surface area contributed by atoms with Crippen molar-refractivity contribution < 1.29 is 9.63 Å². The molecular weight excluding hydrogens is 254 g/mol. The molecular formula is C15H13N3O2. The minimum atomic E-state index is 0.108. The van der Waals surface area contributed by atoms with Gasteiger partial charge in [-0.1, -0.05) is 23.4 Å². The van der Waals surface area contributed by atoms with Gasteiger partial charge in [0.15, 0.2) is 0 Å². The molecule has 0 aliphatic carbocycles. The lowest BCUT2D eigenvalue weighted by Crippen LogP contribution is -1.91. The number of phenols is 1. The van der Waals surface area contributed by atoms with Gasteiger partial charge in [0.05, 0.1) is 5.56 Å². The fourth-order valence-electron chi connectivity index (χ4n) is 2.03. The van der Waals surface area contributed by atoms with Gasteiger partial charge in [0.25, 0.3) is 5.89 Å². The van der Waals surface area contributed by atoms with Gasteiger partial charge in [-0.3, -0.25) is 4.98 Å². The molecule has 0 amide bonds. The summed E-state index contributed by atoms with van der Waals surface area (Å²) in [7, 11) is 0. The summed E-state index contributed by atoms with van der Waals surface area (Å²) in [5.41, 5.74) is 3.25. The van der Waals surface area contributed by atoms with Gasteiger partial charge in [-0.25, -0.2) is 0 Å². The van der Waals surface area contributed by atoms with E-state index in [1.807, 2.05) is 19.9 Å². The lowest BCUT2D eigenvalue weighted by atomic mass is 10.1. The zero-order valence-corrected chi connectivity index (χ0v) is 11.2. The molecule has 0 aliphatic rings. The first-order chi connectivity index (χ1) is 9.65. The van der Waals surface area contributed by atoms with Crippen LogP contribution in [0.3, 0.4) is 0 Å². The topological polar surface area (TPSA) is 72.0 Å². The van der Waals surface area contributed by atoms with E-state index in [9.17, 15) is 5.11 Å². The second kappa shape index (κ2) is 4.77. The van der Waals surface area contributed by atoms with Crippen molar-refractivity contribution in [3.63, 3.8) is 0 Å². The molecule has 3 rings (SSSR count). The number of benzene rings is 1. The molecule has 0 atom stereocenters.